The van der Waals surface area contributed by atoms with Gasteiger partial charge in [-0.1, -0.05) is 5.57 Å². The fraction of sp³-hybridized carbons (Fsp3) is 0.364. The van der Waals surface area contributed by atoms with Crippen LogP contribution >= 0.6 is 0 Å². The summed E-state index contributed by atoms with van der Waals surface area (Å²) in [6, 6.07) is 3.38. The highest BCUT2D eigenvalue weighted by Crippen LogP contribution is 2.32. The number of aliphatic hydroxyl groups is 1. The number of rotatable bonds is 2. The smallest absolute Gasteiger partial charge is 0.162 e. The second kappa shape index (κ2) is 3.42. The molecule has 1 atom stereocenters. The summed E-state index contributed by atoms with van der Waals surface area (Å²) >= 11 is 0. The molecule has 1 N–H and O–H groups in total. The molecule has 0 saturated carbocycles. The van der Waals surface area contributed by atoms with Gasteiger partial charge >= 0.3 is 0 Å². The van der Waals surface area contributed by atoms with Crippen molar-refractivity contribution in [2.24, 2.45) is 0 Å². The molecule has 0 radical (unpaired) electrons. The van der Waals surface area contributed by atoms with E-state index in [1.165, 1.54) is 6.26 Å². The predicted molar refractivity (Wildman–Crippen MR) is 50.6 cm³/mol. The first-order valence-corrected chi connectivity index (χ1v) is 4.64. The molecule has 2 rings (SSSR count). The van der Waals surface area contributed by atoms with Gasteiger partial charge in [0, 0.05) is 12.0 Å². The molecule has 14 heavy (non-hydrogen) atoms. The Morgan fingerprint density at radius 2 is 2.29 bits per heavy atom. The van der Waals surface area contributed by atoms with Crippen LogP contribution in [0.15, 0.2) is 34.0 Å². The van der Waals surface area contributed by atoms with Crippen LogP contribution in [-0.4, -0.2) is 10.9 Å². The molecule has 0 saturated heterocycles. The zero-order valence-electron chi connectivity index (χ0n) is 7.99. The van der Waals surface area contributed by atoms with Gasteiger partial charge in [-0.15, -0.1) is 0 Å². The summed E-state index contributed by atoms with van der Waals surface area (Å²) in [4.78, 5) is 11.5. The Hall–Kier alpha value is -1.35. The molecule has 3 nitrogen and oxygen atoms in total. The van der Waals surface area contributed by atoms with E-state index < -0.39 is 6.10 Å². The van der Waals surface area contributed by atoms with Crippen LogP contribution in [0.4, 0.5) is 0 Å². The normalized spacial score (nSPS) is 19.1. The topological polar surface area (TPSA) is 50.4 Å². The van der Waals surface area contributed by atoms with Crippen molar-refractivity contribution in [1.29, 1.82) is 0 Å². The molecule has 0 aromatic carbocycles. The Bertz CT molecular complexity index is 373. The van der Waals surface area contributed by atoms with E-state index in [0.717, 1.165) is 12.0 Å². The quantitative estimate of drug-likeness (QED) is 0.779. The summed E-state index contributed by atoms with van der Waals surface area (Å²) in [6.45, 7) is 1.88. The zero-order chi connectivity index (χ0) is 10.1. The van der Waals surface area contributed by atoms with E-state index >= 15 is 0 Å². The number of hydrogen-bond acceptors (Lipinski definition) is 3. The van der Waals surface area contributed by atoms with Crippen LogP contribution in [0.3, 0.4) is 0 Å². The summed E-state index contributed by atoms with van der Waals surface area (Å²) in [7, 11) is 0. The van der Waals surface area contributed by atoms with Crippen molar-refractivity contribution in [2.45, 2.75) is 25.9 Å². The first-order chi connectivity index (χ1) is 6.70. The minimum absolute atomic E-state index is 0.0337. The van der Waals surface area contributed by atoms with Gasteiger partial charge in [0.15, 0.2) is 5.78 Å². The summed E-state index contributed by atoms with van der Waals surface area (Å²) < 4.78 is 5.07. The van der Waals surface area contributed by atoms with Crippen molar-refractivity contribution >= 4 is 5.78 Å². The van der Waals surface area contributed by atoms with Gasteiger partial charge in [-0.2, -0.15) is 0 Å². The van der Waals surface area contributed by atoms with Crippen molar-refractivity contribution in [1.82, 2.24) is 0 Å². The number of allylic oxidation sites excluding steroid dienone is 1. The predicted octanol–water partition coefficient (Wildman–Crippen LogP) is 1.99. The maximum absolute atomic E-state index is 11.5. The zero-order valence-corrected chi connectivity index (χ0v) is 7.99. The number of ketones is 1. The number of furan rings is 1. The van der Waals surface area contributed by atoms with E-state index in [9.17, 15) is 9.90 Å². The lowest BCUT2D eigenvalue weighted by molar-refractivity contribution is -0.115. The Balaban J connectivity index is 2.32. The minimum atomic E-state index is -0.889. The summed E-state index contributed by atoms with van der Waals surface area (Å²) in [5.74, 6) is 0.473. The van der Waals surface area contributed by atoms with E-state index in [1.807, 2.05) is 6.92 Å². The van der Waals surface area contributed by atoms with E-state index in [1.54, 1.807) is 12.1 Å². The summed E-state index contributed by atoms with van der Waals surface area (Å²) in [5.41, 5.74) is 1.49. The molecule has 0 bridgehead atoms. The van der Waals surface area contributed by atoms with Crippen molar-refractivity contribution < 1.29 is 14.3 Å². The third-order valence-electron chi connectivity index (χ3n) is 2.57. The van der Waals surface area contributed by atoms with Gasteiger partial charge in [0.2, 0.25) is 0 Å². The van der Waals surface area contributed by atoms with Crippen molar-refractivity contribution in [3.05, 3.63) is 35.3 Å². The third-order valence-corrected chi connectivity index (χ3v) is 2.57. The molecule has 1 aliphatic rings. The van der Waals surface area contributed by atoms with Crippen molar-refractivity contribution in [2.75, 3.05) is 0 Å². The number of carbonyl (C=O) groups is 1. The van der Waals surface area contributed by atoms with Crippen LogP contribution in [0.5, 0.6) is 0 Å². The van der Waals surface area contributed by atoms with Gasteiger partial charge in [0.1, 0.15) is 11.9 Å². The SMILES string of the molecule is CC1=C(C(O)c2ccco2)C(=O)CC1. The van der Waals surface area contributed by atoms with Gasteiger partial charge in [0.05, 0.1) is 6.26 Å². The lowest BCUT2D eigenvalue weighted by Gasteiger charge is -2.08. The standard InChI is InChI=1S/C11H12O3/c1-7-4-5-8(12)10(7)11(13)9-3-2-6-14-9/h2-3,6,11,13H,4-5H2,1H3. The highest BCUT2D eigenvalue weighted by Gasteiger charge is 2.28. The second-order valence-corrected chi connectivity index (χ2v) is 3.54. The maximum Gasteiger partial charge on any atom is 0.162 e. The van der Waals surface area contributed by atoms with E-state index in [0.29, 0.717) is 17.8 Å². The molecule has 1 aliphatic carbocycles. The molecule has 1 aromatic rings. The van der Waals surface area contributed by atoms with E-state index in [4.69, 9.17) is 4.42 Å². The lowest BCUT2D eigenvalue weighted by Crippen LogP contribution is -2.07. The summed E-state index contributed by atoms with van der Waals surface area (Å²) in [5, 5.41) is 9.88. The number of carbonyl (C=O) groups excluding carboxylic acids is 1. The van der Waals surface area contributed by atoms with Crippen LogP contribution in [-0.2, 0) is 4.79 Å². The van der Waals surface area contributed by atoms with Crippen molar-refractivity contribution in [3.8, 4) is 0 Å². The molecule has 0 spiro atoms. The van der Waals surface area contributed by atoms with E-state index in [-0.39, 0.29) is 5.78 Å². The first kappa shape index (κ1) is 9.21. The fourth-order valence-corrected chi connectivity index (χ4v) is 1.78. The van der Waals surface area contributed by atoms with E-state index in [2.05, 4.69) is 0 Å². The Kier molecular flexibility index (Phi) is 2.25. The third kappa shape index (κ3) is 1.40. The summed E-state index contributed by atoms with van der Waals surface area (Å²) in [6.07, 6.45) is 1.87. The van der Waals surface area contributed by atoms with Gasteiger partial charge < -0.3 is 9.52 Å². The maximum atomic E-state index is 11.5. The number of Topliss-reactive ketones (excluding diaryl/α,β-unsaturated/α-hetero) is 1. The molecule has 0 fully saturated rings. The Morgan fingerprint density at radius 3 is 2.79 bits per heavy atom. The molecular formula is C11H12O3. The monoisotopic (exact) mass is 192 g/mol. The Labute approximate surface area is 82.0 Å². The minimum Gasteiger partial charge on any atom is -0.466 e. The van der Waals surface area contributed by atoms with Crippen LogP contribution in [0.1, 0.15) is 31.6 Å². The lowest BCUT2D eigenvalue weighted by atomic mass is 10.0. The molecule has 0 amide bonds. The molecule has 1 heterocycles. The van der Waals surface area contributed by atoms with Gasteiger partial charge in [-0.05, 0) is 25.5 Å². The largest absolute Gasteiger partial charge is 0.466 e. The average molecular weight is 192 g/mol. The highest BCUT2D eigenvalue weighted by molar-refractivity contribution is 5.99. The first-order valence-electron chi connectivity index (χ1n) is 4.64. The van der Waals surface area contributed by atoms with Gasteiger partial charge in [0.25, 0.3) is 0 Å². The average Bonchev–Trinajstić information content (AvgIpc) is 2.75. The highest BCUT2D eigenvalue weighted by atomic mass is 16.4. The van der Waals surface area contributed by atoms with Crippen LogP contribution in [0, 0.1) is 0 Å². The molecular weight excluding hydrogens is 180 g/mol. The second-order valence-electron chi connectivity index (χ2n) is 3.54. The molecule has 74 valence electrons. The fourth-order valence-electron chi connectivity index (χ4n) is 1.78. The van der Waals surface area contributed by atoms with Crippen LogP contribution in [0.25, 0.3) is 0 Å². The van der Waals surface area contributed by atoms with Gasteiger partial charge in [-0.3, -0.25) is 4.79 Å². The molecule has 0 aliphatic heterocycles. The van der Waals surface area contributed by atoms with Crippen molar-refractivity contribution in [3.63, 3.8) is 0 Å². The molecule has 1 unspecified atom stereocenters. The number of hydrogen-bond donors (Lipinski definition) is 1. The number of aliphatic hydroxyl groups excluding tert-OH is 1. The molecule has 3 heteroatoms. The Morgan fingerprint density at radius 1 is 1.50 bits per heavy atom. The van der Waals surface area contributed by atoms with Crippen LogP contribution in [0.2, 0.25) is 0 Å². The van der Waals surface area contributed by atoms with Gasteiger partial charge in [-0.25, -0.2) is 0 Å². The van der Waals surface area contributed by atoms with Crippen LogP contribution < -0.4 is 0 Å². The molecule has 1 aromatic heterocycles.